The lowest BCUT2D eigenvalue weighted by atomic mass is 10.1. The second-order valence-corrected chi connectivity index (χ2v) is 7.29. The van der Waals surface area contributed by atoms with Crippen molar-refractivity contribution in [1.82, 2.24) is 0 Å². The van der Waals surface area contributed by atoms with Gasteiger partial charge in [0.15, 0.2) is 16.7 Å². The van der Waals surface area contributed by atoms with Crippen LogP contribution in [0.15, 0.2) is 52.7 Å². The Balaban J connectivity index is 2.03. The predicted molar refractivity (Wildman–Crippen MR) is 108 cm³/mol. The molecule has 0 aliphatic carbocycles. The van der Waals surface area contributed by atoms with Crippen LogP contribution in [0.25, 0.3) is 0 Å². The van der Waals surface area contributed by atoms with Gasteiger partial charge in [-0.3, -0.25) is 0 Å². The van der Waals surface area contributed by atoms with Crippen LogP contribution in [-0.2, 0) is 5.75 Å². The maximum atomic E-state index is 14.0. The maximum absolute atomic E-state index is 14.0. The molecule has 0 saturated carbocycles. The molecule has 0 fully saturated rings. The van der Waals surface area contributed by atoms with Gasteiger partial charge >= 0.3 is 0 Å². The average molecular weight is 391 g/mol. The quantitative estimate of drug-likeness (QED) is 0.393. The van der Waals surface area contributed by atoms with Gasteiger partial charge < -0.3 is 10.5 Å². The summed E-state index contributed by atoms with van der Waals surface area (Å²) in [6, 6.07) is 11.7. The van der Waals surface area contributed by atoms with Crippen LogP contribution in [-0.4, -0.2) is 18.0 Å². The molecule has 0 aromatic heterocycles. The number of hydrogen-bond donors (Lipinski definition) is 1. The number of hydrogen-bond acceptors (Lipinski definition) is 4. The van der Waals surface area contributed by atoms with Gasteiger partial charge in [0.25, 0.3) is 0 Å². The monoisotopic (exact) mass is 391 g/mol. The van der Waals surface area contributed by atoms with Gasteiger partial charge in [-0.15, -0.1) is 5.10 Å². The van der Waals surface area contributed by atoms with Gasteiger partial charge in [0.05, 0.1) is 12.8 Å². The molecule has 2 aromatic rings. The molecule has 0 saturated heterocycles. The van der Waals surface area contributed by atoms with Crippen LogP contribution in [0.1, 0.15) is 31.4 Å². The zero-order chi connectivity index (χ0) is 19.6. The number of ether oxygens (including phenoxy) is 1. The minimum absolute atomic E-state index is 0.0356. The number of amidine groups is 1. The molecule has 0 aliphatic heterocycles. The highest BCUT2D eigenvalue weighted by atomic mass is 32.2. The maximum Gasteiger partial charge on any atom is 0.180 e. The van der Waals surface area contributed by atoms with Crippen LogP contribution in [0.4, 0.5) is 8.78 Å². The van der Waals surface area contributed by atoms with E-state index in [1.54, 1.807) is 0 Å². The van der Waals surface area contributed by atoms with Crippen molar-refractivity contribution in [1.29, 1.82) is 0 Å². The van der Waals surface area contributed by atoms with E-state index in [2.05, 4.69) is 10.2 Å². The largest absolute Gasteiger partial charge is 0.490 e. The fraction of sp³-hybridized carbons (Fsp3) is 0.300. The van der Waals surface area contributed by atoms with Crippen molar-refractivity contribution in [2.45, 2.75) is 26.0 Å². The van der Waals surface area contributed by atoms with Gasteiger partial charge in [-0.05, 0) is 24.0 Å². The van der Waals surface area contributed by atoms with E-state index in [1.807, 2.05) is 44.2 Å². The number of nitrogens with two attached hydrogens (primary N) is 1. The standard InChI is InChI=1S/C20H23F2N3OS/c1-14(2)8-9-26-19-16(10-17(21)11-18(19)22)12-24-25-20(23)27-13-15-6-4-3-5-7-15/h3-7,10-12,14H,8-9,13H2,1-2H3,(H2,23,25). The first-order chi connectivity index (χ1) is 13.0. The summed E-state index contributed by atoms with van der Waals surface area (Å²) in [5, 5.41) is 7.97. The Bertz CT molecular complexity index is 795. The summed E-state index contributed by atoms with van der Waals surface area (Å²) in [4.78, 5) is 0. The summed E-state index contributed by atoms with van der Waals surface area (Å²) in [6.45, 7) is 4.41. The molecule has 0 amide bonds. The van der Waals surface area contributed by atoms with Crippen molar-refractivity contribution in [3.63, 3.8) is 0 Å². The zero-order valence-corrected chi connectivity index (χ0v) is 16.2. The fourth-order valence-corrected chi connectivity index (χ4v) is 2.75. The van der Waals surface area contributed by atoms with Gasteiger partial charge in [-0.2, -0.15) is 5.10 Å². The lowest BCUT2D eigenvalue weighted by molar-refractivity contribution is 0.275. The Morgan fingerprint density at radius 1 is 1.22 bits per heavy atom. The molecule has 0 atom stereocenters. The van der Waals surface area contributed by atoms with E-state index in [9.17, 15) is 8.78 Å². The highest BCUT2D eigenvalue weighted by Crippen LogP contribution is 2.24. The normalized spacial score (nSPS) is 12.1. The molecule has 0 unspecified atom stereocenters. The van der Waals surface area contributed by atoms with Crippen molar-refractivity contribution < 1.29 is 13.5 Å². The van der Waals surface area contributed by atoms with E-state index < -0.39 is 11.6 Å². The summed E-state index contributed by atoms with van der Waals surface area (Å²) in [7, 11) is 0. The Morgan fingerprint density at radius 2 is 1.96 bits per heavy atom. The van der Waals surface area contributed by atoms with E-state index in [0.717, 1.165) is 24.1 Å². The summed E-state index contributed by atoms with van der Waals surface area (Å²) >= 11 is 1.33. The third kappa shape index (κ3) is 7.38. The van der Waals surface area contributed by atoms with Crippen LogP contribution in [0, 0.1) is 17.6 Å². The SMILES string of the molecule is CC(C)CCOc1c(F)cc(F)cc1C=NN=C(N)SCc1ccccc1. The van der Waals surface area contributed by atoms with Crippen molar-refractivity contribution in [2.24, 2.45) is 21.9 Å². The van der Waals surface area contributed by atoms with Gasteiger partial charge in [0.2, 0.25) is 0 Å². The summed E-state index contributed by atoms with van der Waals surface area (Å²) in [6.07, 6.45) is 2.00. The predicted octanol–water partition coefficient (Wildman–Crippen LogP) is 4.97. The molecule has 27 heavy (non-hydrogen) atoms. The number of benzene rings is 2. The molecule has 0 heterocycles. The molecule has 7 heteroatoms. The van der Waals surface area contributed by atoms with Crippen LogP contribution in [0.2, 0.25) is 0 Å². The van der Waals surface area contributed by atoms with Gasteiger partial charge in [0, 0.05) is 17.4 Å². The van der Waals surface area contributed by atoms with Crippen molar-refractivity contribution >= 4 is 23.1 Å². The fourth-order valence-electron chi connectivity index (χ4n) is 2.13. The second kappa shape index (κ2) is 10.7. The van der Waals surface area contributed by atoms with Crippen LogP contribution in [0.5, 0.6) is 5.75 Å². The molecule has 4 nitrogen and oxygen atoms in total. The Kier molecular flexibility index (Phi) is 8.26. The number of halogens is 2. The van der Waals surface area contributed by atoms with E-state index in [4.69, 9.17) is 10.5 Å². The number of rotatable bonds is 8. The van der Waals surface area contributed by atoms with E-state index in [0.29, 0.717) is 18.3 Å². The Morgan fingerprint density at radius 3 is 2.67 bits per heavy atom. The summed E-state index contributed by atoms with van der Waals surface area (Å²) in [5.74, 6) is -0.441. The summed E-state index contributed by atoms with van der Waals surface area (Å²) < 4.78 is 33.0. The molecule has 0 spiro atoms. The van der Waals surface area contributed by atoms with E-state index in [1.165, 1.54) is 18.0 Å². The number of thioether (sulfide) groups is 1. The second-order valence-electron chi connectivity index (χ2n) is 6.29. The molecule has 0 aliphatic rings. The molecule has 144 valence electrons. The highest BCUT2D eigenvalue weighted by molar-refractivity contribution is 8.13. The molecule has 2 N–H and O–H groups in total. The first kappa shape index (κ1) is 20.9. The lowest BCUT2D eigenvalue weighted by Crippen LogP contribution is -2.07. The zero-order valence-electron chi connectivity index (χ0n) is 15.4. The minimum Gasteiger partial charge on any atom is -0.490 e. The van der Waals surface area contributed by atoms with Crippen molar-refractivity contribution in [3.05, 3.63) is 65.2 Å². The van der Waals surface area contributed by atoms with Crippen molar-refractivity contribution in [2.75, 3.05) is 6.61 Å². The van der Waals surface area contributed by atoms with Gasteiger partial charge in [0.1, 0.15) is 5.82 Å². The minimum atomic E-state index is -0.768. The highest BCUT2D eigenvalue weighted by Gasteiger charge is 2.12. The average Bonchev–Trinajstić information content (AvgIpc) is 2.62. The van der Waals surface area contributed by atoms with Crippen LogP contribution < -0.4 is 10.5 Å². The van der Waals surface area contributed by atoms with E-state index >= 15 is 0 Å². The summed E-state index contributed by atoms with van der Waals surface area (Å²) in [5.41, 5.74) is 7.11. The topological polar surface area (TPSA) is 60.0 Å². The lowest BCUT2D eigenvalue weighted by Gasteiger charge is -2.11. The molecular weight excluding hydrogens is 368 g/mol. The first-order valence-electron chi connectivity index (χ1n) is 8.60. The number of nitrogens with zero attached hydrogens (tertiary/aromatic N) is 2. The van der Waals surface area contributed by atoms with Crippen molar-refractivity contribution in [3.8, 4) is 5.75 Å². The molecule has 0 radical (unpaired) electrons. The molecule has 0 bridgehead atoms. The first-order valence-corrected chi connectivity index (χ1v) is 9.59. The molecule has 2 aromatic carbocycles. The van der Waals surface area contributed by atoms with Crippen LogP contribution >= 0.6 is 11.8 Å². The van der Waals surface area contributed by atoms with Crippen LogP contribution in [0.3, 0.4) is 0 Å². The van der Waals surface area contributed by atoms with E-state index in [-0.39, 0.29) is 16.5 Å². The van der Waals surface area contributed by atoms with Gasteiger partial charge in [-0.25, -0.2) is 8.78 Å². The third-order valence-electron chi connectivity index (χ3n) is 3.56. The van der Waals surface area contributed by atoms with Gasteiger partial charge in [-0.1, -0.05) is 55.9 Å². The third-order valence-corrected chi connectivity index (χ3v) is 4.42. The Labute approximate surface area is 162 Å². The smallest absolute Gasteiger partial charge is 0.180 e. The molecular formula is C20H23F2N3OS. The Hall–Kier alpha value is -2.41. The molecule has 2 rings (SSSR count).